The second-order valence-corrected chi connectivity index (χ2v) is 9.36. The third-order valence-corrected chi connectivity index (χ3v) is 6.68. The van der Waals surface area contributed by atoms with E-state index >= 15 is 0 Å². The number of carbonyl (C=O) groups excluding carboxylic acids is 2. The SMILES string of the molecule is CC(C)C(=O)C1c2ccccc2-c2cc(CC(C)C(=O)c3ccc4ccccc4n3)ccc21. The van der Waals surface area contributed by atoms with Crippen LogP contribution in [-0.2, 0) is 11.2 Å². The van der Waals surface area contributed by atoms with Crippen LogP contribution in [-0.4, -0.2) is 16.6 Å². The number of nitrogens with zero attached hydrogens (tertiary/aromatic N) is 1. The highest BCUT2D eigenvalue weighted by Gasteiger charge is 2.34. The van der Waals surface area contributed by atoms with Gasteiger partial charge < -0.3 is 0 Å². The predicted molar refractivity (Wildman–Crippen MR) is 133 cm³/mol. The predicted octanol–water partition coefficient (Wildman–Crippen LogP) is 6.63. The minimum Gasteiger partial charge on any atom is -0.298 e. The molecule has 0 bridgehead atoms. The molecule has 2 unspecified atom stereocenters. The fourth-order valence-electron chi connectivity index (χ4n) is 4.92. The first-order chi connectivity index (χ1) is 15.9. The summed E-state index contributed by atoms with van der Waals surface area (Å²) < 4.78 is 0. The van der Waals surface area contributed by atoms with Crippen LogP contribution in [0, 0.1) is 11.8 Å². The van der Waals surface area contributed by atoms with Gasteiger partial charge >= 0.3 is 0 Å². The number of benzene rings is 3. The van der Waals surface area contributed by atoms with Crippen LogP contribution < -0.4 is 0 Å². The highest BCUT2D eigenvalue weighted by Crippen LogP contribution is 2.46. The molecule has 0 amide bonds. The molecule has 1 aromatic heterocycles. The molecule has 0 fully saturated rings. The van der Waals surface area contributed by atoms with Crippen LogP contribution in [0.25, 0.3) is 22.0 Å². The lowest BCUT2D eigenvalue weighted by atomic mass is 9.86. The highest BCUT2D eigenvalue weighted by molar-refractivity contribution is 5.99. The van der Waals surface area contributed by atoms with Gasteiger partial charge in [-0.3, -0.25) is 9.59 Å². The Hall–Kier alpha value is -3.59. The molecule has 3 aromatic carbocycles. The Balaban J connectivity index is 1.43. The maximum absolute atomic E-state index is 13.1. The Kier molecular flexibility index (Phi) is 5.41. The van der Waals surface area contributed by atoms with Crippen LogP contribution in [0.1, 0.15) is 53.9 Å². The fourth-order valence-corrected chi connectivity index (χ4v) is 4.92. The monoisotopic (exact) mass is 433 g/mol. The van der Waals surface area contributed by atoms with Crippen molar-refractivity contribution in [2.24, 2.45) is 11.8 Å². The molecule has 1 aliphatic rings. The van der Waals surface area contributed by atoms with E-state index in [1.165, 1.54) is 0 Å². The van der Waals surface area contributed by atoms with Gasteiger partial charge in [0.2, 0.25) is 0 Å². The topological polar surface area (TPSA) is 47.0 Å². The number of carbonyl (C=O) groups is 2. The minimum atomic E-state index is -0.203. The summed E-state index contributed by atoms with van der Waals surface area (Å²) in [5, 5.41) is 1.03. The minimum absolute atomic E-state index is 0.0271. The van der Waals surface area contributed by atoms with Crippen molar-refractivity contribution in [3.8, 4) is 11.1 Å². The Morgan fingerprint density at radius 1 is 0.818 bits per heavy atom. The normalized spacial score (nSPS) is 15.3. The smallest absolute Gasteiger partial charge is 0.184 e. The second kappa shape index (κ2) is 8.40. The van der Waals surface area contributed by atoms with Crippen molar-refractivity contribution in [2.45, 2.75) is 33.1 Å². The molecule has 2 atom stereocenters. The van der Waals surface area contributed by atoms with Crippen LogP contribution in [0.3, 0.4) is 0 Å². The van der Waals surface area contributed by atoms with E-state index in [0.29, 0.717) is 12.1 Å². The van der Waals surface area contributed by atoms with Crippen molar-refractivity contribution < 1.29 is 9.59 Å². The van der Waals surface area contributed by atoms with Gasteiger partial charge in [0.05, 0.1) is 11.4 Å². The summed E-state index contributed by atoms with van der Waals surface area (Å²) >= 11 is 0. The summed E-state index contributed by atoms with van der Waals surface area (Å²) in [6.45, 7) is 5.89. The molecular formula is C30H27NO2. The van der Waals surface area contributed by atoms with Crippen LogP contribution in [0.5, 0.6) is 0 Å². The van der Waals surface area contributed by atoms with E-state index in [1.807, 2.05) is 69.3 Å². The average molecular weight is 434 g/mol. The van der Waals surface area contributed by atoms with Gasteiger partial charge in [-0.2, -0.15) is 0 Å². The largest absolute Gasteiger partial charge is 0.298 e. The summed E-state index contributed by atoms with van der Waals surface area (Å²) in [7, 11) is 0. The molecule has 0 radical (unpaired) electrons. The molecule has 0 spiro atoms. The van der Waals surface area contributed by atoms with Gasteiger partial charge in [0.25, 0.3) is 0 Å². The molecule has 1 aliphatic carbocycles. The first-order valence-corrected chi connectivity index (χ1v) is 11.6. The number of pyridine rings is 1. The summed E-state index contributed by atoms with van der Waals surface area (Å²) in [5.74, 6) is -0.122. The van der Waals surface area contributed by atoms with Crippen molar-refractivity contribution in [3.63, 3.8) is 0 Å². The number of fused-ring (bicyclic) bond motifs is 4. The number of hydrogen-bond donors (Lipinski definition) is 0. The molecular weight excluding hydrogens is 406 g/mol. The van der Waals surface area contributed by atoms with Gasteiger partial charge in [0, 0.05) is 17.2 Å². The number of para-hydroxylation sites is 1. The Morgan fingerprint density at radius 3 is 2.36 bits per heavy atom. The second-order valence-electron chi connectivity index (χ2n) is 9.36. The number of Topliss-reactive ketones (excluding diaryl/α,β-unsaturated/α-hetero) is 2. The van der Waals surface area contributed by atoms with E-state index in [-0.39, 0.29) is 29.3 Å². The lowest BCUT2D eigenvalue weighted by Crippen LogP contribution is -2.17. The fraction of sp³-hybridized carbons (Fsp3) is 0.233. The molecule has 0 aliphatic heterocycles. The van der Waals surface area contributed by atoms with Crippen LogP contribution in [0.4, 0.5) is 0 Å². The summed E-state index contributed by atoms with van der Waals surface area (Å²) in [5.41, 5.74) is 6.86. The molecule has 33 heavy (non-hydrogen) atoms. The maximum Gasteiger partial charge on any atom is 0.184 e. The summed E-state index contributed by atoms with van der Waals surface area (Å²) in [6, 6.07) is 26.1. The van der Waals surface area contributed by atoms with Crippen LogP contribution >= 0.6 is 0 Å². The third-order valence-electron chi connectivity index (χ3n) is 6.68. The Labute approximate surface area is 194 Å². The van der Waals surface area contributed by atoms with Gasteiger partial charge in [0.15, 0.2) is 5.78 Å². The zero-order valence-electron chi connectivity index (χ0n) is 19.2. The molecule has 3 heteroatoms. The van der Waals surface area contributed by atoms with E-state index in [0.717, 1.165) is 38.7 Å². The molecule has 164 valence electrons. The Bertz CT molecular complexity index is 1390. The van der Waals surface area contributed by atoms with E-state index in [2.05, 4.69) is 35.3 Å². The van der Waals surface area contributed by atoms with E-state index in [4.69, 9.17) is 0 Å². The van der Waals surface area contributed by atoms with Gasteiger partial charge in [0.1, 0.15) is 11.5 Å². The third kappa shape index (κ3) is 3.78. The van der Waals surface area contributed by atoms with Crippen molar-refractivity contribution in [1.29, 1.82) is 0 Å². The lowest BCUT2D eigenvalue weighted by molar-refractivity contribution is -0.122. The number of hydrogen-bond acceptors (Lipinski definition) is 3. The Morgan fingerprint density at radius 2 is 1.55 bits per heavy atom. The summed E-state index contributed by atoms with van der Waals surface area (Å²) in [6.07, 6.45) is 0.631. The van der Waals surface area contributed by atoms with Gasteiger partial charge in [-0.25, -0.2) is 4.98 Å². The molecule has 0 saturated heterocycles. The standard InChI is InChI=1S/C30H27NO2/c1-18(2)29(32)28-23-10-6-5-9-22(23)25-17-20(12-14-24(25)28)16-19(3)30(33)27-15-13-21-8-4-7-11-26(21)31-27/h4-15,17-19,28H,16H2,1-3H3. The van der Waals surface area contributed by atoms with Gasteiger partial charge in [-0.1, -0.05) is 87.5 Å². The van der Waals surface area contributed by atoms with Crippen molar-refractivity contribution in [3.05, 3.63) is 101 Å². The molecule has 1 heterocycles. The maximum atomic E-state index is 13.1. The highest BCUT2D eigenvalue weighted by atomic mass is 16.1. The first-order valence-electron chi connectivity index (χ1n) is 11.6. The lowest BCUT2D eigenvalue weighted by Gasteiger charge is -2.16. The molecule has 0 N–H and O–H groups in total. The van der Waals surface area contributed by atoms with E-state index in [1.54, 1.807) is 0 Å². The number of ketones is 2. The van der Waals surface area contributed by atoms with Crippen molar-refractivity contribution in [2.75, 3.05) is 0 Å². The zero-order valence-corrected chi connectivity index (χ0v) is 19.2. The average Bonchev–Trinajstić information content (AvgIpc) is 3.16. The van der Waals surface area contributed by atoms with Crippen molar-refractivity contribution >= 4 is 22.5 Å². The number of aromatic nitrogens is 1. The molecule has 4 aromatic rings. The molecule has 3 nitrogen and oxygen atoms in total. The van der Waals surface area contributed by atoms with Crippen LogP contribution in [0.15, 0.2) is 78.9 Å². The summed E-state index contributed by atoms with van der Waals surface area (Å²) in [4.78, 5) is 30.7. The molecule has 5 rings (SSSR count). The van der Waals surface area contributed by atoms with Crippen LogP contribution in [0.2, 0.25) is 0 Å². The van der Waals surface area contributed by atoms with Gasteiger partial charge in [-0.15, -0.1) is 0 Å². The van der Waals surface area contributed by atoms with E-state index in [9.17, 15) is 9.59 Å². The van der Waals surface area contributed by atoms with Gasteiger partial charge in [-0.05, 0) is 46.4 Å². The van der Waals surface area contributed by atoms with Crippen molar-refractivity contribution in [1.82, 2.24) is 4.98 Å². The first kappa shape index (κ1) is 21.3. The quantitative estimate of drug-likeness (QED) is 0.321. The zero-order chi connectivity index (χ0) is 23.1. The number of rotatable bonds is 6. The van der Waals surface area contributed by atoms with E-state index < -0.39 is 0 Å². The molecule has 0 saturated carbocycles.